The number of rotatable bonds is 8. The minimum absolute atomic E-state index is 0.142. The first kappa shape index (κ1) is 18.1. The van der Waals surface area contributed by atoms with Gasteiger partial charge in [-0.1, -0.05) is 43.7 Å². The fourth-order valence-corrected chi connectivity index (χ4v) is 4.35. The SMILES string of the molecule is CCCCS(=O)(=O)N1CCN(CCC(=O)c2ccccc2)CC1. The van der Waals surface area contributed by atoms with Gasteiger partial charge in [-0.3, -0.25) is 4.79 Å². The van der Waals surface area contributed by atoms with Gasteiger partial charge in [-0.2, -0.15) is 4.31 Å². The van der Waals surface area contributed by atoms with Crippen molar-refractivity contribution >= 4 is 15.8 Å². The van der Waals surface area contributed by atoms with E-state index in [4.69, 9.17) is 0 Å². The highest BCUT2D eigenvalue weighted by molar-refractivity contribution is 7.89. The molecule has 0 amide bonds. The van der Waals surface area contributed by atoms with Crippen molar-refractivity contribution in [2.45, 2.75) is 26.2 Å². The van der Waals surface area contributed by atoms with Crippen LogP contribution in [0.5, 0.6) is 0 Å². The van der Waals surface area contributed by atoms with E-state index in [1.165, 1.54) is 0 Å². The molecule has 1 aliphatic rings. The van der Waals surface area contributed by atoms with E-state index < -0.39 is 10.0 Å². The molecule has 0 aliphatic carbocycles. The maximum absolute atomic E-state index is 12.2. The molecule has 6 heteroatoms. The summed E-state index contributed by atoms with van der Waals surface area (Å²) in [5, 5.41) is 0. The number of carbonyl (C=O) groups excluding carboxylic acids is 1. The zero-order chi connectivity index (χ0) is 16.7. The second-order valence-electron chi connectivity index (χ2n) is 5.95. The molecule has 2 rings (SSSR count). The van der Waals surface area contributed by atoms with E-state index in [9.17, 15) is 13.2 Å². The van der Waals surface area contributed by atoms with Crippen molar-refractivity contribution < 1.29 is 13.2 Å². The van der Waals surface area contributed by atoms with Gasteiger partial charge in [0.1, 0.15) is 0 Å². The Morgan fingerprint density at radius 3 is 2.35 bits per heavy atom. The zero-order valence-electron chi connectivity index (χ0n) is 13.8. The summed E-state index contributed by atoms with van der Waals surface area (Å²) >= 11 is 0. The third kappa shape index (κ3) is 5.41. The van der Waals surface area contributed by atoms with Crippen molar-refractivity contribution in [1.29, 1.82) is 0 Å². The lowest BCUT2D eigenvalue weighted by molar-refractivity contribution is 0.0952. The van der Waals surface area contributed by atoms with Gasteiger partial charge in [0.25, 0.3) is 0 Å². The van der Waals surface area contributed by atoms with Crippen LogP contribution in [0.1, 0.15) is 36.5 Å². The molecule has 0 bridgehead atoms. The quantitative estimate of drug-likeness (QED) is 0.680. The Labute approximate surface area is 139 Å². The summed E-state index contributed by atoms with van der Waals surface area (Å²) in [5.41, 5.74) is 0.744. The van der Waals surface area contributed by atoms with E-state index in [1.807, 2.05) is 37.3 Å². The van der Waals surface area contributed by atoms with Crippen molar-refractivity contribution in [2.24, 2.45) is 0 Å². The molecule has 128 valence electrons. The molecule has 1 saturated heterocycles. The molecule has 0 saturated carbocycles. The van der Waals surface area contributed by atoms with Crippen LogP contribution < -0.4 is 0 Å². The smallest absolute Gasteiger partial charge is 0.214 e. The van der Waals surface area contributed by atoms with E-state index in [2.05, 4.69) is 4.90 Å². The summed E-state index contributed by atoms with van der Waals surface area (Å²) in [6, 6.07) is 9.30. The van der Waals surface area contributed by atoms with Crippen LogP contribution in [0.25, 0.3) is 0 Å². The Balaban J connectivity index is 1.76. The Morgan fingerprint density at radius 1 is 1.09 bits per heavy atom. The van der Waals surface area contributed by atoms with Crippen LogP contribution in [0.3, 0.4) is 0 Å². The summed E-state index contributed by atoms with van der Waals surface area (Å²) in [4.78, 5) is 14.3. The van der Waals surface area contributed by atoms with Crippen LogP contribution in [-0.4, -0.2) is 61.9 Å². The van der Waals surface area contributed by atoms with Crippen LogP contribution in [0.15, 0.2) is 30.3 Å². The minimum atomic E-state index is -3.10. The molecular weight excluding hydrogens is 312 g/mol. The number of piperazine rings is 1. The van der Waals surface area contributed by atoms with Crippen molar-refractivity contribution in [2.75, 3.05) is 38.5 Å². The van der Waals surface area contributed by atoms with Gasteiger partial charge in [0, 0.05) is 44.7 Å². The molecule has 0 radical (unpaired) electrons. The fourth-order valence-electron chi connectivity index (χ4n) is 2.72. The molecule has 1 aliphatic heterocycles. The highest BCUT2D eigenvalue weighted by Gasteiger charge is 2.26. The molecule has 0 unspecified atom stereocenters. The Hall–Kier alpha value is -1.24. The second kappa shape index (κ2) is 8.57. The Bertz CT molecular complexity index is 594. The predicted molar refractivity (Wildman–Crippen MR) is 92.1 cm³/mol. The zero-order valence-corrected chi connectivity index (χ0v) is 14.6. The number of Topliss-reactive ketones (excluding diaryl/α,β-unsaturated/α-hetero) is 1. The van der Waals surface area contributed by atoms with Crippen LogP contribution in [-0.2, 0) is 10.0 Å². The van der Waals surface area contributed by atoms with Crippen LogP contribution in [0.4, 0.5) is 0 Å². The van der Waals surface area contributed by atoms with Gasteiger partial charge in [-0.15, -0.1) is 0 Å². The third-order valence-electron chi connectivity index (χ3n) is 4.23. The van der Waals surface area contributed by atoms with Gasteiger partial charge in [0.2, 0.25) is 10.0 Å². The number of carbonyl (C=O) groups is 1. The maximum Gasteiger partial charge on any atom is 0.214 e. The fraction of sp³-hybridized carbons (Fsp3) is 0.588. The number of hydrogen-bond donors (Lipinski definition) is 0. The highest BCUT2D eigenvalue weighted by Crippen LogP contribution is 2.11. The molecule has 1 heterocycles. The lowest BCUT2D eigenvalue weighted by atomic mass is 10.1. The molecule has 0 atom stereocenters. The highest BCUT2D eigenvalue weighted by atomic mass is 32.2. The van der Waals surface area contributed by atoms with E-state index in [0.717, 1.165) is 12.0 Å². The van der Waals surface area contributed by atoms with E-state index >= 15 is 0 Å². The largest absolute Gasteiger partial charge is 0.300 e. The van der Waals surface area contributed by atoms with E-state index in [-0.39, 0.29) is 11.5 Å². The molecule has 0 N–H and O–H groups in total. The van der Waals surface area contributed by atoms with Gasteiger partial charge in [-0.25, -0.2) is 8.42 Å². The average molecular weight is 338 g/mol. The Kier molecular flexibility index (Phi) is 6.74. The monoisotopic (exact) mass is 338 g/mol. The maximum atomic E-state index is 12.2. The minimum Gasteiger partial charge on any atom is -0.300 e. The van der Waals surface area contributed by atoms with Crippen molar-refractivity contribution in [1.82, 2.24) is 9.21 Å². The van der Waals surface area contributed by atoms with Crippen LogP contribution in [0, 0.1) is 0 Å². The molecular formula is C17H26N2O3S. The summed E-state index contributed by atoms with van der Waals surface area (Å²) in [7, 11) is -3.10. The van der Waals surface area contributed by atoms with Gasteiger partial charge >= 0.3 is 0 Å². The number of hydrogen-bond acceptors (Lipinski definition) is 4. The van der Waals surface area contributed by atoms with Gasteiger partial charge in [0.05, 0.1) is 5.75 Å². The number of nitrogens with zero attached hydrogens (tertiary/aromatic N) is 2. The van der Waals surface area contributed by atoms with E-state index in [1.54, 1.807) is 4.31 Å². The summed E-state index contributed by atoms with van der Waals surface area (Å²) in [6.45, 7) is 5.16. The molecule has 0 spiro atoms. The average Bonchev–Trinajstić information content (AvgIpc) is 2.59. The van der Waals surface area contributed by atoms with Crippen LogP contribution in [0.2, 0.25) is 0 Å². The first-order valence-corrected chi connectivity index (χ1v) is 9.92. The lowest BCUT2D eigenvalue weighted by Gasteiger charge is -2.33. The first-order chi connectivity index (χ1) is 11.0. The number of ketones is 1. The molecule has 23 heavy (non-hydrogen) atoms. The standard InChI is InChI=1S/C17H26N2O3S/c1-2-3-15-23(21,22)19-13-11-18(12-14-19)10-9-17(20)16-7-5-4-6-8-16/h4-8H,2-3,9-15H2,1H3. The van der Waals surface area contributed by atoms with Gasteiger partial charge in [-0.05, 0) is 6.42 Å². The first-order valence-electron chi connectivity index (χ1n) is 8.31. The van der Waals surface area contributed by atoms with Crippen molar-refractivity contribution in [3.05, 3.63) is 35.9 Å². The molecule has 1 aromatic carbocycles. The normalized spacial score (nSPS) is 17.3. The lowest BCUT2D eigenvalue weighted by Crippen LogP contribution is -2.49. The third-order valence-corrected chi connectivity index (χ3v) is 6.19. The summed E-state index contributed by atoms with van der Waals surface area (Å²) < 4.78 is 25.9. The van der Waals surface area contributed by atoms with Gasteiger partial charge in [0.15, 0.2) is 5.78 Å². The topological polar surface area (TPSA) is 57.7 Å². The number of unbranched alkanes of at least 4 members (excludes halogenated alkanes) is 1. The number of sulfonamides is 1. The molecule has 0 aromatic heterocycles. The van der Waals surface area contributed by atoms with Crippen molar-refractivity contribution in [3.8, 4) is 0 Å². The molecule has 1 fully saturated rings. The second-order valence-corrected chi connectivity index (χ2v) is 8.04. The number of benzene rings is 1. The van der Waals surface area contributed by atoms with E-state index in [0.29, 0.717) is 45.6 Å². The van der Waals surface area contributed by atoms with Crippen molar-refractivity contribution in [3.63, 3.8) is 0 Å². The predicted octanol–water partition coefficient (Wildman–Crippen LogP) is 2.01. The molecule has 5 nitrogen and oxygen atoms in total. The summed E-state index contributed by atoms with van der Waals surface area (Å²) in [6.07, 6.45) is 2.08. The van der Waals surface area contributed by atoms with Crippen LogP contribution >= 0.6 is 0 Å². The molecule has 1 aromatic rings. The van der Waals surface area contributed by atoms with Gasteiger partial charge < -0.3 is 4.90 Å². The Morgan fingerprint density at radius 2 is 1.74 bits per heavy atom. The summed E-state index contributed by atoms with van der Waals surface area (Å²) in [5.74, 6) is 0.388.